The van der Waals surface area contributed by atoms with Gasteiger partial charge in [-0.05, 0) is 38.2 Å². The lowest BCUT2D eigenvalue weighted by atomic mass is 9.74. The Morgan fingerprint density at radius 1 is 1.24 bits per heavy atom. The molecule has 0 aliphatic carbocycles. The summed E-state index contributed by atoms with van der Waals surface area (Å²) in [5.74, 6) is 0.821. The van der Waals surface area contributed by atoms with Crippen LogP contribution in [0.2, 0.25) is 0 Å². The molecule has 2 aliphatic rings. The van der Waals surface area contributed by atoms with Gasteiger partial charge in [-0.15, -0.1) is 0 Å². The second kappa shape index (κ2) is 10.5. The predicted molar refractivity (Wildman–Crippen MR) is 114 cm³/mol. The van der Waals surface area contributed by atoms with Gasteiger partial charge in [-0.1, -0.05) is 30.3 Å². The van der Waals surface area contributed by atoms with Gasteiger partial charge >= 0.3 is 6.09 Å². The molecule has 0 atom stereocenters. The summed E-state index contributed by atoms with van der Waals surface area (Å²) in [5, 5.41) is 7.09. The summed E-state index contributed by atoms with van der Waals surface area (Å²) in [5.41, 5.74) is 1.42. The summed E-state index contributed by atoms with van der Waals surface area (Å²) in [6, 6.07) is 11.0. The average Bonchev–Trinajstić information content (AvgIpc) is 2.78. The van der Waals surface area contributed by atoms with Crippen molar-refractivity contribution in [3.05, 3.63) is 35.9 Å². The highest BCUT2D eigenvalue weighted by Gasteiger charge is 2.34. The average molecular weight is 403 g/mol. The first-order valence-corrected chi connectivity index (χ1v) is 10.7. The van der Waals surface area contributed by atoms with E-state index in [1.165, 1.54) is 5.56 Å². The number of amides is 1. The molecular formula is C22H34N4O3. The number of hydrogen-bond acceptors (Lipinski definition) is 4. The molecule has 160 valence electrons. The molecule has 2 saturated heterocycles. The number of carbonyl (C=O) groups excluding carboxylic acids is 1. The molecule has 0 saturated carbocycles. The van der Waals surface area contributed by atoms with Crippen LogP contribution in [0.25, 0.3) is 0 Å². The minimum Gasteiger partial charge on any atom is -0.450 e. The van der Waals surface area contributed by atoms with Gasteiger partial charge in [0.25, 0.3) is 0 Å². The highest BCUT2D eigenvalue weighted by molar-refractivity contribution is 5.80. The Balaban J connectivity index is 1.54. The summed E-state index contributed by atoms with van der Waals surface area (Å²) < 4.78 is 10.7. The number of guanidine groups is 1. The van der Waals surface area contributed by atoms with Crippen molar-refractivity contribution in [1.82, 2.24) is 15.5 Å². The van der Waals surface area contributed by atoms with Gasteiger partial charge in [0.15, 0.2) is 5.96 Å². The summed E-state index contributed by atoms with van der Waals surface area (Å²) in [6.07, 6.45) is 3.56. The molecule has 0 bridgehead atoms. The van der Waals surface area contributed by atoms with Crippen LogP contribution in [0.4, 0.5) is 4.79 Å². The Hall–Kier alpha value is -2.28. The lowest BCUT2D eigenvalue weighted by molar-refractivity contribution is 0.0513. The molecule has 2 N–H and O–H groups in total. The van der Waals surface area contributed by atoms with Crippen molar-refractivity contribution in [1.29, 1.82) is 0 Å². The molecule has 0 unspecified atom stereocenters. The zero-order chi connectivity index (χ0) is 20.5. The van der Waals surface area contributed by atoms with Crippen molar-refractivity contribution < 1.29 is 14.3 Å². The topological polar surface area (TPSA) is 75.2 Å². The predicted octanol–water partition coefficient (Wildman–Crippen LogP) is 2.52. The highest BCUT2D eigenvalue weighted by Crippen LogP contribution is 2.34. The van der Waals surface area contributed by atoms with Gasteiger partial charge < -0.3 is 25.0 Å². The molecule has 7 heteroatoms. The molecule has 2 fully saturated rings. The van der Waals surface area contributed by atoms with Crippen LogP contribution in [0.3, 0.4) is 0 Å². The third-order valence-corrected chi connectivity index (χ3v) is 6.02. The van der Waals surface area contributed by atoms with Crippen LogP contribution >= 0.6 is 0 Å². The lowest BCUT2D eigenvalue weighted by Gasteiger charge is -2.39. The second-order valence-corrected chi connectivity index (χ2v) is 7.79. The summed E-state index contributed by atoms with van der Waals surface area (Å²) >= 11 is 0. The number of hydrogen-bond donors (Lipinski definition) is 2. The molecule has 1 aromatic rings. The highest BCUT2D eigenvalue weighted by atomic mass is 16.6. The summed E-state index contributed by atoms with van der Waals surface area (Å²) in [6.45, 7) is 6.06. The zero-order valence-electron chi connectivity index (χ0n) is 17.7. The molecule has 0 radical (unpaired) electrons. The van der Waals surface area contributed by atoms with Gasteiger partial charge in [-0.2, -0.15) is 0 Å². The molecule has 3 rings (SSSR count). The van der Waals surface area contributed by atoms with E-state index in [2.05, 4.69) is 46.0 Å². The van der Waals surface area contributed by atoms with E-state index in [9.17, 15) is 4.79 Å². The number of nitrogens with zero attached hydrogens (tertiary/aromatic N) is 2. The fraction of sp³-hybridized carbons (Fsp3) is 0.636. The maximum Gasteiger partial charge on any atom is 0.409 e. The van der Waals surface area contributed by atoms with E-state index in [-0.39, 0.29) is 11.5 Å². The normalized spacial score (nSPS) is 20.2. The molecule has 1 amide bonds. The van der Waals surface area contributed by atoms with E-state index in [0.717, 1.165) is 51.4 Å². The Bertz CT molecular complexity index is 666. The van der Waals surface area contributed by atoms with Crippen molar-refractivity contribution in [2.45, 2.75) is 44.1 Å². The van der Waals surface area contributed by atoms with Crippen molar-refractivity contribution >= 4 is 12.1 Å². The number of benzene rings is 1. The van der Waals surface area contributed by atoms with Gasteiger partial charge in [0.2, 0.25) is 0 Å². The van der Waals surface area contributed by atoms with Crippen molar-refractivity contribution in [3.63, 3.8) is 0 Å². The number of piperidine rings is 1. The van der Waals surface area contributed by atoms with Crippen LogP contribution in [-0.4, -0.2) is 69.5 Å². The molecule has 0 spiro atoms. The second-order valence-electron chi connectivity index (χ2n) is 7.79. The monoisotopic (exact) mass is 402 g/mol. The van der Waals surface area contributed by atoms with Crippen LogP contribution in [0.15, 0.2) is 35.3 Å². The molecule has 2 aliphatic heterocycles. The van der Waals surface area contributed by atoms with Crippen molar-refractivity contribution in [3.8, 4) is 0 Å². The Kier molecular flexibility index (Phi) is 7.75. The molecule has 29 heavy (non-hydrogen) atoms. The van der Waals surface area contributed by atoms with E-state index >= 15 is 0 Å². The minimum absolute atomic E-state index is 0.0599. The Morgan fingerprint density at radius 3 is 2.55 bits per heavy atom. The van der Waals surface area contributed by atoms with E-state index in [1.54, 1.807) is 4.90 Å². The third kappa shape index (κ3) is 5.63. The SMILES string of the molecule is CCOC(=O)N1CCC(NC(=NC)NCC2(c3ccccc3)CCOCC2)CC1. The van der Waals surface area contributed by atoms with E-state index in [1.807, 2.05) is 14.0 Å². The Labute approximate surface area is 173 Å². The summed E-state index contributed by atoms with van der Waals surface area (Å²) in [4.78, 5) is 18.1. The van der Waals surface area contributed by atoms with Gasteiger partial charge in [0.05, 0.1) is 6.61 Å². The van der Waals surface area contributed by atoms with Crippen LogP contribution < -0.4 is 10.6 Å². The molecule has 2 heterocycles. The lowest BCUT2D eigenvalue weighted by Crippen LogP contribution is -2.52. The number of nitrogens with one attached hydrogen (secondary N) is 2. The number of likely N-dealkylation sites (tertiary alicyclic amines) is 1. The van der Waals surface area contributed by atoms with E-state index in [0.29, 0.717) is 25.7 Å². The van der Waals surface area contributed by atoms with E-state index < -0.39 is 0 Å². The fourth-order valence-electron chi connectivity index (χ4n) is 4.18. The van der Waals surface area contributed by atoms with Crippen LogP contribution in [0.5, 0.6) is 0 Å². The molecule has 1 aromatic carbocycles. The van der Waals surface area contributed by atoms with Crippen LogP contribution in [0.1, 0.15) is 38.2 Å². The number of aliphatic imine (C=N–C) groups is 1. The zero-order valence-corrected chi connectivity index (χ0v) is 17.7. The van der Waals surface area contributed by atoms with Gasteiger partial charge in [-0.3, -0.25) is 4.99 Å². The van der Waals surface area contributed by atoms with Crippen molar-refractivity contribution in [2.75, 3.05) is 46.5 Å². The fourth-order valence-corrected chi connectivity index (χ4v) is 4.18. The number of carbonyl (C=O) groups is 1. The maximum atomic E-state index is 11.9. The van der Waals surface area contributed by atoms with Crippen molar-refractivity contribution in [2.24, 2.45) is 4.99 Å². The maximum absolute atomic E-state index is 11.9. The largest absolute Gasteiger partial charge is 0.450 e. The third-order valence-electron chi connectivity index (χ3n) is 6.02. The van der Waals surface area contributed by atoms with Gasteiger partial charge in [0.1, 0.15) is 0 Å². The first kappa shape index (κ1) is 21.4. The standard InChI is InChI=1S/C22H34N4O3/c1-3-29-21(27)26-13-9-19(10-14-26)25-20(23-2)24-17-22(11-15-28-16-12-22)18-7-5-4-6-8-18/h4-8,19H,3,9-17H2,1-2H3,(H2,23,24,25). The number of ether oxygens (including phenoxy) is 2. The molecular weight excluding hydrogens is 368 g/mol. The first-order chi connectivity index (χ1) is 14.2. The first-order valence-electron chi connectivity index (χ1n) is 10.7. The molecule has 7 nitrogen and oxygen atoms in total. The van der Waals surface area contributed by atoms with Crippen LogP contribution in [-0.2, 0) is 14.9 Å². The quantitative estimate of drug-likeness (QED) is 0.585. The molecule has 0 aromatic heterocycles. The minimum atomic E-state index is -0.210. The van der Waals surface area contributed by atoms with E-state index in [4.69, 9.17) is 9.47 Å². The van der Waals surface area contributed by atoms with Gasteiger partial charge in [0, 0.05) is 51.4 Å². The number of rotatable bonds is 5. The van der Waals surface area contributed by atoms with Gasteiger partial charge in [-0.25, -0.2) is 4.79 Å². The summed E-state index contributed by atoms with van der Waals surface area (Å²) in [7, 11) is 1.81. The van der Waals surface area contributed by atoms with Crippen LogP contribution in [0, 0.1) is 0 Å². The Morgan fingerprint density at radius 2 is 1.93 bits per heavy atom. The smallest absolute Gasteiger partial charge is 0.409 e.